The van der Waals surface area contributed by atoms with Crippen molar-refractivity contribution in [3.63, 3.8) is 0 Å². The van der Waals surface area contributed by atoms with E-state index in [1.165, 1.54) is 11.4 Å². The van der Waals surface area contributed by atoms with Gasteiger partial charge in [-0.05, 0) is 42.7 Å². The molecule has 1 fully saturated rings. The van der Waals surface area contributed by atoms with Crippen molar-refractivity contribution in [2.45, 2.75) is 26.7 Å². The van der Waals surface area contributed by atoms with Crippen LogP contribution < -0.4 is 9.80 Å². The lowest BCUT2D eigenvalue weighted by Gasteiger charge is -2.34. The Morgan fingerprint density at radius 1 is 1.29 bits per heavy atom. The summed E-state index contributed by atoms with van der Waals surface area (Å²) >= 11 is 0. The second-order valence-electron chi connectivity index (χ2n) is 7.90. The monoisotopic (exact) mass is 374 g/mol. The molecule has 3 aromatic rings. The number of aromatic nitrogens is 2. The molecule has 0 spiro atoms. The van der Waals surface area contributed by atoms with Gasteiger partial charge in [0, 0.05) is 0 Å². The molecule has 0 atom stereocenters. The molecule has 1 saturated heterocycles. The Kier molecular flexibility index (Phi) is 5.06. The van der Waals surface area contributed by atoms with Gasteiger partial charge in [0.25, 0.3) is 0 Å². The average molecular weight is 375 g/mol. The highest BCUT2D eigenvalue weighted by atomic mass is 15.3. The molecule has 0 saturated carbocycles. The molecule has 5 heteroatoms. The predicted molar refractivity (Wildman–Crippen MR) is 114 cm³/mol. The van der Waals surface area contributed by atoms with Crippen LogP contribution in [0, 0.1) is 11.3 Å². The first-order valence-corrected chi connectivity index (χ1v) is 10.2. The molecule has 0 radical (unpaired) electrons. The number of nitrogens with zero attached hydrogens (tertiary/aromatic N) is 4. The van der Waals surface area contributed by atoms with Gasteiger partial charge in [0.05, 0.1) is 49.3 Å². The zero-order valence-corrected chi connectivity index (χ0v) is 16.8. The number of rotatable bonds is 5. The summed E-state index contributed by atoms with van der Waals surface area (Å²) in [4.78, 5) is 8.89. The zero-order chi connectivity index (χ0) is 19.7. The maximum atomic E-state index is 9.86. The molecule has 3 heterocycles. The van der Waals surface area contributed by atoms with Gasteiger partial charge in [-0.1, -0.05) is 32.1 Å². The van der Waals surface area contributed by atoms with E-state index in [1.54, 1.807) is 4.90 Å². The lowest BCUT2D eigenvalue weighted by Crippen LogP contribution is -3.15. The number of quaternary nitrogens is 1. The number of aryl methyl sites for hydroxylation is 1. The maximum Gasteiger partial charge on any atom is 0.157 e. The van der Waals surface area contributed by atoms with Gasteiger partial charge in [0.1, 0.15) is 11.9 Å². The first-order valence-electron chi connectivity index (χ1n) is 10.2. The Labute approximate surface area is 166 Å². The van der Waals surface area contributed by atoms with Crippen LogP contribution in [-0.4, -0.2) is 42.1 Å². The van der Waals surface area contributed by atoms with Gasteiger partial charge in [-0.3, -0.25) is 4.40 Å². The summed E-state index contributed by atoms with van der Waals surface area (Å²) < 4.78 is 2.19. The molecule has 144 valence electrons. The van der Waals surface area contributed by atoms with Crippen LogP contribution in [0.2, 0.25) is 0 Å². The van der Waals surface area contributed by atoms with Crippen LogP contribution in [0.4, 0.5) is 5.82 Å². The van der Waals surface area contributed by atoms with E-state index < -0.39 is 0 Å². The lowest BCUT2D eigenvalue weighted by atomic mass is 10.0. The van der Waals surface area contributed by atoms with E-state index in [0.717, 1.165) is 67.8 Å². The smallest absolute Gasteiger partial charge is 0.157 e. The van der Waals surface area contributed by atoms with Gasteiger partial charge in [-0.25, -0.2) is 4.98 Å². The number of fused-ring (bicyclic) bond motifs is 3. The van der Waals surface area contributed by atoms with E-state index in [9.17, 15) is 5.26 Å². The van der Waals surface area contributed by atoms with Gasteiger partial charge in [-0.15, -0.1) is 0 Å². The van der Waals surface area contributed by atoms with Crippen LogP contribution in [-0.2, 0) is 6.42 Å². The number of hydrogen-bond donors (Lipinski definition) is 1. The quantitative estimate of drug-likeness (QED) is 0.699. The molecule has 5 nitrogen and oxygen atoms in total. The fourth-order valence-corrected chi connectivity index (χ4v) is 4.34. The Bertz CT molecular complexity index is 1060. The number of benzene rings is 1. The minimum Gasteiger partial charge on any atom is -0.346 e. The molecule has 0 aliphatic carbocycles. The second-order valence-corrected chi connectivity index (χ2v) is 7.90. The molecule has 1 aliphatic heterocycles. The van der Waals surface area contributed by atoms with E-state index in [0.29, 0.717) is 5.56 Å². The van der Waals surface area contributed by atoms with Crippen molar-refractivity contribution in [1.29, 1.82) is 5.26 Å². The normalized spacial score (nSPS) is 15.2. The molecule has 1 aromatic carbocycles. The summed E-state index contributed by atoms with van der Waals surface area (Å²) in [7, 11) is 0. The summed E-state index contributed by atoms with van der Waals surface area (Å²) in [5.41, 5.74) is 5.88. The van der Waals surface area contributed by atoms with Crippen molar-refractivity contribution in [2.75, 3.05) is 37.6 Å². The lowest BCUT2D eigenvalue weighted by molar-refractivity contribution is -0.895. The van der Waals surface area contributed by atoms with Crippen LogP contribution in [0.3, 0.4) is 0 Å². The molecule has 2 aromatic heterocycles. The summed E-state index contributed by atoms with van der Waals surface area (Å²) in [6.07, 6.45) is 1.91. The third-order valence-electron chi connectivity index (χ3n) is 5.62. The first kappa shape index (κ1) is 18.5. The highest BCUT2D eigenvalue weighted by Gasteiger charge is 2.24. The summed E-state index contributed by atoms with van der Waals surface area (Å²) in [6, 6.07) is 12.8. The van der Waals surface area contributed by atoms with Gasteiger partial charge < -0.3 is 9.80 Å². The topological polar surface area (TPSA) is 48.8 Å². The molecule has 1 N–H and O–H groups in total. The summed E-state index contributed by atoms with van der Waals surface area (Å²) in [5, 5.41) is 9.86. The van der Waals surface area contributed by atoms with Crippen molar-refractivity contribution in [2.24, 2.45) is 0 Å². The first-order chi connectivity index (χ1) is 13.6. The van der Waals surface area contributed by atoms with Crippen molar-refractivity contribution in [3.05, 3.63) is 53.6 Å². The van der Waals surface area contributed by atoms with Gasteiger partial charge >= 0.3 is 0 Å². The van der Waals surface area contributed by atoms with Gasteiger partial charge in [0.2, 0.25) is 0 Å². The Morgan fingerprint density at radius 3 is 2.71 bits per heavy atom. The molecular formula is C23H28N5+. The van der Waals surface area contributed by atoms with Gasteiger partial charge in [-0.2, -0.15) is 5.26 Å². The number of hydrogen-bond acceptors (Lipinski definition) is 3. The minimum atomic E-state index is 0.716. The van der Waals surface area contributed by atoms with Crippen LogP contribution >= 0.6 is 0 Å². The van der Waals surface area contributed by atoms with E-state index in [2.05, 4.69) is 47.9 Å². The third-order valence-corrected chi connectivity index (χ3v) is 5.62. The predicted octanol–water partition coefficient (Wildman–Crippen LogP) is 2.59. The fourth-order valence-electron chi connectivity index (χ4n) is 4.34. The molecule has 0 amide bonds. The number of imidazole rings is 1. The molecule has 1 aliphatic rings. The molecule has 0 unspecified atom stereocenters. The van der Waals surface area contributed by atoms with Crippen LogP contribution in [0.1, 0.15) is 31.4 Å². The van der Waals surface area contributed by atoms with Gasteiger partial charge in [0.15, 0.2) is 5.65 Å². The van der Waals surface area contributed by atoms with Crippen molar-refractivity contribution in [3.8, 4) is 6.07 Å². The molecule has 4 rings (SSSR count). The standard InChI is InChI=1S/C23H27N5/c1-4-7-18-14-22(27-12-10-26(11-13-27)16-17(2)3)28-21-9-6-5-8-20(21)25-23(28)19(18)15-24/h5-6,8-9,14H,2,4,7,10-13,16H2,1,3H3/p+1. The van der Waals surface area contributed by atoms with Crippen LogP contribution in [0.5, 0.6) is 0 Å². The average Bonchev–Trinajstić information content (AvgIpc) is 3.07. The highest BCUT2D eigenvalue weighted by Crippen LogP contribution is 2.29. The SMILES string of the molecule is C=C(C)C[NH+]1CCN(c2cc(CCC)c(C#N)c3nc4ccccc4n23)CC1. The van der Waals surface area contributed by atoms with E-state index in [1.807, 2.05) is 18.2 Å². The molecular weight excluding hydrogens is 346 g/mol. The number of piperazine rings is 1. The number of pyridine rings is 1. The summed E-state index contributed by atoms with van der Waals surface area (Å²) in [6.45, 7) is 13.6. The van der Waals surface area contributed by atoms with Crippen molar-refractivity contribution >= 4 is 22.5 Å². The van der Waals surface area contributed by atoms with Crippen LogP contribution in [0.25, 0.3) is 16.7 Å². The largest absolute Gasteiger partial charge is 0.346 e. The van der Waals surface area contributed by atoms with E-state index >= 15 is 0 Å². The number of nitrogens with one attached hydrogen (secondary N) is 1. The number of nitriles is 1. The minimum absolute atomic E-state index is 0.716. The molecule has 0 bridgehead atoms. The molecule has 28 heavy (non-hydrogen) atoms. The van der Waals surface area contributed by atoms with E-state index in [-0.39, 0.29) is 0 Å². The highest BCUT2D eigenvalue weighted by molar-refractivity contribution is 5.85. The van der Waals surface area contributed by atoms with Crippen molar-refractivity contribution < 1.29 is 4.90 Å². The maximum absolute atomic E-state index is 9.86. The Balaban J connectivity index is 1.83. The third kappa shape index (κ3) is 3.25. The number of anilines is 1. The van der Waals surface area contributed by atoms with Crippen LogP contribution in [0.15, 0.2) is 42.5 Å². The van der Waals surface area contributed by atoms with E-state index in [4.69, 9.17) is 4.98 Å². The fraction of sp³-hybridized carbons (Fsp3) is 0.391. The zero-order valence-electron chi connectivity index (χ0n) is 16.8. The van der Waals surface area contributed by atoms with Crippen molar-refractivity contribution in [1.82, 2.24) is 9.38 Å². The Morgan fingerprint density at radius 2 is 2.04 bits per heavy atom. The second kappa shape index (κ2) is 7.65. The number of para-hydroxylation sites is 2. The Hall–Kier alpha value is -2.84. The summed E-state index contributed by atoms with van der Waals surface area (Å²) in [5.74, 6) is 1.17.